The molecule has 0 saturated heterocycles. The van der Waals surface area contributed by atoms with Crippen LogP contribution in [-0.2, 0) is 9.53 Å². The number of benzene rings is 1. The molecule has 1 unspecified atom stereocenters. The van der Waals surface area contributed by atoms with Gasteiger partial charge in [-0.1, -0.05) is 0 Å². The van der Waals surface area contributed by atoms with Crippen molar-refractivity contribution in [3.05, 3.63) is 24.3 Å². The van der Waals surface area contributed by atoms with E-state index >= 15 is 0 Å². The SMILES string of the molecule is COCC(O)CCNC(=O)CSc1ccc(OC)cc1. The lowest BCUT2D eigenvalue weighted by molar-refractivity contribution is -0.118. The molecule has 1 amide bonds. The molecule has 0 radical (unpaired) electrons. The van der Waals surface area contributed by atoms with Crippen molar-refractivity contribution in [2.45, 2.75) is 17.4 Å². The Bertz CT molecular complexity index is 397. The van der Waals surface area contributed by atoms with Gasteiger partial charge in [0.25, 0.3) is 0 Å². The van der Waals surface area contributed by atoms with E-state index < -0.39 is 6.10 Å². The normalized spacial score (nSPS) is 11.9. The Morgan fingerprint density at radius 2 is 2.05 bits per heavy atom. The number of methoxy groups -OCH3 is 2. The van der Waals surface area contributed by atoms with Gasteiger partial charge < -0.3 is 19.9 Å². The standard InChI is InChI=1S/C14H21NO4S/c1-18-9-11(16)7-8-15-14(17)10-20-13-5-3-12(19-2)4-6-13/h3-6,11,16H,7-10H2,1-2H3,(H,15,17). The van der Waals surface area contributed by atoms with Crippen molar-refractivity contribution >= 4 is 17.7 Å². The minimum Gasteiger partial charge on any atom is -0.497 e. The largest absolute Gasteiger partial charge is 0.497 e. The minimum absolute atomic E-state index is 0.0459. The van der Waals surface area contributed by atoms with Gasteiger partial charge in [0, 0.05) is 18.6 Å². The number of aliphatic hydroxyl groups is 1. The Morgan fingerprint density at radius 1 is 1.35 bits per heavy atom. The summed E-state index contributed by atoms with van der Waals surface area (Å²) < 4.78 is 9.88. The number of ether oxygens (including phenoxy) is 2. The summed E-state index contributed by atoms with van der Waals surface area (Å²) in [4.78, 5) is 12.6. The number of hydrogen-bond donors (Lipinski definition) is 2. The summed E-state index contributed by atoms with van der Waals surface area (Å²) in [5, 5.41) is 12.2. The van der Waals surface area contributed by atoms with Crippen LogP contribution in [-0.4, -0.2) is 50.2 Å². The summed E-state index contributed by atoms with van der Waals surface area (Å²) in [6, 6.07) is 7.56. The van der Waals surface area contributed by atoms with E-state index in [1.807, 2.05) is 24.3 Å². The maximum atomic E-state index is 11.6. The van der Waals surface area contributed by atoms with Gasteiger partial charge in [0.15, 0.2) is 0 Å². The van der Waals surface area contributed by atoms with Crippen LogP contribution in [0.4, 0.5) is 0 Å². The highest BCUT2D eigenvalue weighted by molar-refractivity contribution is 8.00. The maximum Gasteiger partial charge on any atom is 0.230 e. The first-order valence-electron chi connectivity index (χ1n) is 6.36. The molecule has 6 heteroatoms. The monoisotopic (exact) mass is 299 g/mol. The Hall–Kier alpha value is -1.24. The van der Waals surface area contributed by atoms with Gasteiger partial charge in [-0.15, -0.1) is 11.8 Å². The van der Waals surface area contributed by atoms with Crippen molar-refractivity contribution < 1.29 is 19.4 Å². The minimum atomic E-state index is -0.533. The van der Waals surface area contributed by atoms with E-state index in [4.69, 9.17) is 9.47 Å². The number of carbonyl (C=O) groups is 1. The van der Waals surface area contributed by atoms with Gasteiger partial charge in [-0.3, -0.25) is 4.79 Å². The molecule has 0 aliphatic heterocycles. The molecule has 20 heavy (non-hydrogen) atoms. The first-order valence-corrected chi connectivity index (χ1v) is 7.34. The summed E-state index contributed by atoms with van der Waals surface area (Å²) >= 11 is 1.46. The fourth-order valence-electron chi connectivity index (χ4n) is 1.53. The quantitative estimate of drug-likeness (QED) is 0.673. The third-order valence-electron chi connectivity index (χ3n) is 2.59. The van der Waals surface area contributed by atoms with Gasteiger partial charge in [-0.2, -0.15) is 0 Å². The van der Waals surface area contributed by atoms with Crippen molar-refractivity contribution in [1.29, 1.82) is 0 Å². The van der Waals surface area contributed by atoms with E-state index in [1.54, 1.807) is 7.11 Å². The molecule has 0 aromatic heterocycles. The van der Waals surface area contributed by atoms with Crippen LogP contribution in [0.1, 0.15) is 6.42 Å². The zero-order valence-electron chi connectivity index (χ0n) is 11.8. The molecule has 0 aliphatic rings. The summed E-state index contributed by atoms with van der Waals surface area (Å²) in [5.41, 5.74) is 0. The van der Waals surface area contributed by atoms with E-state index in [-0.39, 0.29) is 12.5 Å². The molecule has 2 N–H and O–H groups in total. The van der Waals surface area contributed by atoms with Crippen LogP contribution in [0.25, 0.3) is 0 Å². The average molecular weight is 299 g/mol. The molecule has 112 valence electrons. The van der Waals surface area contributed by atoms with E-state index in [0.717, 1.165) is 10.6 Å². The van der Waals surface area contributed by atoms with Gasteiger partial charge in [0.1, 0.15) is 5.75 Å². The number of nitrogens with one attached hydrogen (secondary N) is 1. The Labute approximate surface area is 123 Å². The maximum absolute atomic E-state index is 11.6. The van der Waals surface area contributed by atoms with Crippen molar-refractivity contribution in [1.82, 2.24) is 5.32 Å². The lowest BCUT2D eigenvalue weighted by Gasteiger charge is -2.10. The second-order valence-corrected chi connectivity index (χ2v) is 5.26. The molecule has 1 aromatic carbocycles. The highest BCUT2D eigenvalue weighted by Gasteiger charge is 2.06. The first-order chi connectivity index (χ1) is 9.65. The number of hydrogen-bond acceptors (Lipinski definition) is 5. The topological polar surface area (TPSA) is 67.8 Å². The molecule has 1 rings (SSSR count). The highest BCUT2D eigenvalue weighted by Crippen LogP contribution is 2.20. The molecule has 1 aromatic rings. The third-order valence-corrected chi connectivity index (χ3v) is 3.60. The Kier molecular flexibility index (Phi) is 8.10. The van der Waals surface area contributed by atoms with Crippen molar-refractivity contribution in [3.8, 4) is 5.75 Å². The number of amides is 1. The average Bonchev–Trinajstić information content (AvgIpc) is 2.46. The van der Waals surface area contributed by atoms with Crippen LogP contribution in [0, 0.1) is 0 Å². The van der Waals surface area contributed by atoms with Crippen LogP contribution >= 0.6 is 11.8 Å². The van der Waals surface area contributed by atoms with Gasteiger partial charge in [-0.05, 0) is 30.7 Å². The van der Waals surface area contributed by atoms with Crippen LogP contribution in [0.5, 0.6) is 5.75 Å². The smallest absolute Gasteiger partial charge is 0.230 e. The van der Waals surface area contributed by atoms with Crippen LogP contribution in [0.2, 0.25) is 0 Å². The van der Waals surface area contributed by atoms with E-state index in [2.05, 4.69) is 5.32 Å². The molecule has 0 spiro atoms. The van der Waals surface area contributed by atoms with Crippen molar-refractivity contribution in [3.63, 3.8) is 0 Å². The predicted molar refractivity (Wildman–Crippen MR) is 79.2 cm³/mol. The molecule has 0 aliphatic carbocycles. The number of rotatable bonds is 9. The van der Waals surface area contributed by atoms with Crippen LogP contribution in [0.15, 0.2) is 29.2 Å². The van der Waals surface area contributed by atoms with Crippen molar-refractivity contribution in [2.24, 2.45) is 0 Å². The zero-order chi connectivity index (χ0) is 14.8. The molecule has 0 bridgehead atoms. The zero-order valence-corrected chi connectivity index (χ0v) is 12.6. The number of aliphatic hydroxyl groups excluding tert-OH is 1. The van der Waals surface area contributed by atoms with Crippen molar-refractivity contribution in [2.75, 3.05) is 33.1 Å². The lowest BCUT2D eigenvalue weighted by atomic mass is 10.3. The number of carbonyl (C=O) groups excluding carboxylic acids is 1. The molecular weight excluding hydrogens is 278 g/mol. The third kappa shape index (κ3) is 6.79. The molecule has 0 fully saturated rings. The molecule has 0 heterocycles. The second kappa shape index (κ2) is 9.63. The van der Waals surface area contributed by atoms with Gasteiger partial charge in [0.2, 0.25) is 5.91 Å². The molecular formula is C14H21NO4S. The summed E-state index contributed by atoms with van der Waals surface area (Å²) in [6.07, 6.45) is -0.0400. The van der Waals surface area contributed by atoms with Crippen LogP contribution < -0.4 is 10.1 Å². The predicted octanol–water partition coefficient (Wildman–Crippen LogP) is 1.30. The van der Waals surface area contributed by atoms with Gasteiger partial charge >= 0.3 is 0 Å². The lowest BCUT2D eigenvalue weighted by Crippen LogP contribution is -2.29. The fraction of sp³-hybridized carbons (Fsp3) is 0.500. The fourth-order valence-corrected chi connectivity index (χ4v) is 2.25. The molecule has 5 nitrogen and oxygen atoms in total. The summed E-state index contributed by atoms with van der Waals surface area (Å²) in [7, 11) is 3.15. The summed E-state index contributed by atoms with van der Waals surface area (Å²) in [6.45, 7) is 0.739. The van der Waals surface area contributed by atoms with Gasteiger partial charge in [-0.25, -0.2) is 0 Å². The highest BCUT2D eigenvalue weighted by atomic mass is 32.2. The first kappa shape index (κ1) is 16.8. The van der Waals surface area contributed by atoms with Gasteiger partial charge in [0.05, 0.1) is 25.6 Å². The summed E-state index contributed by atoms with van der Waals surface area (Å²) in [5.74, 6) is 1.11. The molecule has 1 atom stereocenters. The van der Waals surface area contributed by atoms with Crippen LogP contribution in [0.3, 0.4) is 0 Å². The molecule has 0 saturated carbocycles. The Balaban J connectivity index is 2.19. The van der Waals surface area contributed by atoms with E-state index in [0.29, 0.717) is 18.7 Å². The number of thioether (sulfide) groups is 1. The van der Waals surface area contributed by atoms with E-state index in [1.165, 1.54) is 18.9 Å². The Morgan fingerprint density at radius 3 is 2.65 bits per heavy atom. The van der Waals surface area contributed by atoms with E-state index in [9.17, 15) is 9.90 Å². The second-order valence-electron chi connectivity index (χ2n) is 4.21.